The lowest BCUT2D eigenvalue weighted by molar-refractivity contribution is 0.305. The van der Waals surface area contributed by atoms with Crippen molar-refractivity contribution in [2.24, 2.45) is 5.73 Å². The Kier molecular flexibility index (Phi) is 3.69. The summed E-state index contributed by atoms with van der Waals surface area (Å²) in [4.78, 5) is 0. The van der Waals surface area contributed by atoms with Gasteiger partial charge in [-0.05, 0) is 44.4 Å². The Morgan fingerprint density at radius 2 is 2.09 bits per heavy atom. The van der Waals surface area contributed by atoms with Gasteiger partial charge in [0, 0.05) is 5.54 Å². The molecule has 0 bridgehead atoms. The molecule has 1 heterocycles. The summed E-state index contributed by atoms with van der Waals surface area (Å²) in [6.07, 6.45) is 3.70. The SMILES string of the molecule is CNC1(CCN)CCSCC1. The molecule has 1 aliphatic rings. The van der Waals surface area contributed by atoms with Crippen molar-refractivity contribution < 1.29 is 0 Å². The third-order valence-electron chi connectivity index (χ3n) is 2.60. The van der Waals surface area contributed by atoms with E-state index in [-0.39, 0.29) is 0 Å². The van der Waals surface area contributed by atoms with E-state index < -0.39 is 0 Å². The minimum absolute atomic E-state index is 0.375. The van der Waals surface area contributed by atoms with Crippen LogP contribution in [0.4, 0.5) is 0 Å². The van der Waals surface area contributed by atoms with Gasteiger partial charge in [-0.15, -0.1) is 0 Å². The zero-order valence-electron chi connectivity index (χ0n) is 7.23. The molecule has 0 aromatic rings. The van der Waals surface area contributed by atoms with E-state index in [0.29, 0.717) is 5.54 Å². The van der Waals surface area contributed by atoms with Crippen molar-refractivity contribution in [1.29, 1.82) is 0 Å². The van der Waals surface area contributed by atoms with Gasteiger partial charge >= 0.3 is 0 Å². The summed E-state index contributed by atoms with van der Waals surface area (Å²) in [7, 11) is 2.06. The third kappa shape index (κ3) is 2.36. The lowest BCUT2D eigenvalue weighted by atomic mass is 9.89. The summed E-state index contributed by atoms with van der Waals surface area (Å²) in [5.74, 6) is 2.58. The molecule has 0 saturated carbocycles. The molecule has 2 nitrogen and oxygen atoms in total. The van der Waals surface area contributed by atoms with Crippen LogP contribution in [-0.4, -0.2) is 30.6 Å². The Balaban J connectivity index is 2.42. The second-order valence-corrected chi connectivity index (χ2v) is 4.41. The van der Waals surface area contributed by atoms with Crippen LogP contribution in [0.1, 0.15) is 19.3 Å². The van der Waals surface area contributed by atoms with Crippen LogP contribution >= 0.6 is 11.8 Å². The molecule has 3 heteroatoms. The second kappa shape index (κ2) is 4.33. The maximum Gasteiger partial charge on any atom is 0.0206 e. The first-order chi connectivity index (χ1) is 5.33. The first-order valence-electron chi connectivity index (χ1n) is 4.30. The fourth-order valence-corrected chi connectivity index (χ4v) is 2.94. The molecule has 0 aromatic heterocycles. The smallest absolute Gasteiger partial charge is 0.0206 e. The highest BCUT2D eigenvalue weighted by Gasteiger charge is 2.28. The molecule has 0 spiro atoms. The molecular formula is C8H18N2S. The summed E-state index contributed by atoms with van der Waals surface area (Å²) in [6.45, 7) is 0.811. The molecule has 1 aliphatic heterocycles. The van der Waals surface area contributed by atoms with E-state index in [2.05, 4.69) is 24.1 Å². The standard InChI is InChI=1S/C8H18N2S/c1-10-8(2-5-9)3-6-11-7-4-8/h10H,2-7,9H2,1H3. The Hall–Kier alpha value is 0.270. The number of hydrogen-bond acceptors (Lipinski definition) is 3. The number of rotatable bonds is 3. The van der Waals surface area contributed by atoms with Crippen LogP contribution in [0.2, 0.25) is 0 Å². The predicted molar refractivity (Wildman–Crippen MR) is 52.0 cm³/mol. The number of hydrogen-bond donors (Lipinski definition) is 2. The second-order valence-electron chi connectivity index (χ2n) is 3.18. The zero-order chi connectivity index (χ0) is 8.16. The van der Waals surface area contributed by atoms with E-state index >= 15 is 0 Å². The average molecular weight is 174 g/mol. The normalized spacial score (nSPS) is 23.5. The van der Waals surface area contributed by atoms with Gasteiger partial charge in [-0.2, -0.15) is 11.8 Å². The first kappa shape index (κ1) is 9.36. The van der Waals surface area contributed by atoms with Crippen LogP contribution in [0.5, 0.6) is 0 Å². The van der Waals surface area contributed by atoms with Gasteiger partial charge in [0.15, 0.2) is 0 Å². The van der Waals surface area contributed by atoms with Crippen LogP contribution in [0.3, 0.4) is 0 Å². The summed E-state index contributed by atoms with van der Waals surface area (Å²) in [6, 6.07) is 0. The van der Waals surface area contributed by atoms with Gasteiger partial charge in [0.2, 0.25) is 0 Å². The minimum Gasteiger partial charge on any atom is -0.330 e. The Morgan fingerprint density at radius 3 is 2.55 bits per heavy atom. The van der Waals surface area contributed by atoms with Crippen LogP contribution in [0.25, 0.3) is 0 Å². The Morgan fingerprint density at radius 1 is 1.45 bits per heavy atom. The highest BCUT2D eigenvalue weighted by molar-refractivity contribution is 7.99. The highest BCUT2D eigenvalue weighted by atomic mass is 32.2. The van der Waals surface area contributed by atoms with Crippen LogP contribution in [0.15, 0.2) is 0 Å². The fraction of sp³-hybridized carbons (Fsp3) is 1.00. The molecule has 66 valence electrons. The van der Waals surface area contributed by atoms with Gasteiger partial charge in [-0.3, -0.25) is 0 Å². The number of thioether (sulfide) groups is 1. The van der Waals surface area contributed by atoms with Crippen molar-refractivity contribution in [2.75, 3.05) is 25.1 Å². The van der Waals surface area contributed by atoms with E-state index in [1.54, 1.807) is 0 Å². The number of nitrogens with one attached hydrogen (secondary N) is 1. The van der Waals surface area contributed by atoms with Crippen molar-refractivity contribution in [3.8, 4) is 0 Å². The van der Waals surface area contributed by atoms with Gasteiger partial charge in [0.25, 0.3) is 0 Å². The van der Waals surface area contributed by atoms with E-state index in [1.807, 2.05) is 0 Å². The zero-order valence-corrected chi connectivity index (χ0v) is 8.04. The molecule has 0 amide bonds. The van der Waals surface area contributed by atoms with Gasteiger partial charge in [0.05, 0.1) is 0 Å². The van der Waals surface area contributed by atoms with E-state index in [4.69, 9.17) is 5.73 Å². The van der Waals surface area contributed by atoms with Gasteiger partial charge in [-0.25, -0.2) is 0 Å². The molecule has 11 heavy (non-hydrogen) atoms. The highest BCUT2D eigenvalue weighted by Crippen LogP contribution is 2.28. The van der Waals surface area contributed by atoms with Gasteiger partial charge < -0.3 is 11.1 Å². The van der Waals surface area contributed by atoms with Crippen molar-refractivity contribution in [3.63, 3.8) is 0 Å². The molecule has 0 aliphatic carbocycles. The topological polar surface area (TPSA) is 38.0 Å². The Bertz CT molecular complexity index is 105. The maximum absolute atomic E-state index is 5.57. The van der Waals surface area contributed by atoms with Crippen molar-refractivity contribution in [3.05, 3.63) is 0 Å². The maximum atomic E-state index is 5.57. The summed E-state index contributed by atoms with van der Waals surface area (Å²) in [5.41, 5.74) is 5.95. The van der Waals surface area contributed by atoms with Crippen LogP contribution < -0.4 is 11.1 Å². The molecule has 0 aromatic carbocycles. The van der Waals surface area contributed by atoms with Crippen molar-refractivity contribution in [1.82, 2.24) is 5.32 Å². The molecule has 0 unspecified atom stereocenters. The minimum atomic E-state index is 0.375. The van der Waals surface area contributed by atoms with Crippen molar-refractivity contribution in [2.45, 2.75) is 24.8 Å². The van der Waals surface area contributed by atoms with Gasteiger partial charge in [0.1, 0.15) is 0 Å². The molecule has 1 saturated heterocycles. The summed E-state index contributed by atoms with van der Waals surface area (Å²) < 4.78 is 0. The third-order valence-corrected chi connectivity index (χ3v) is 3.59. The van der Waals surface area contributed by atoms with Crippen LogP contribution in [-0.2, 0) is 0 Å². The molecule has 0 atom stereocenters. The predicted octanol–water partition coefficient (Wildman–Crippen LogP) is 0.820. The van der Waals surface area contributed by atoms with E-state index in [0.717, 1.165) is 13.0 Å². The Labute approximate surface area is 73.3 Å². The summed E-state index contributed by atoms with van der Waals surface area (Å²) in [5, 5.41) is 3.42. The first-order valence-corrected chi connectivity index (χ1v) is 5.45. The fourth-order valence-electron chi connectivity index (χ4n) is 1.66. The lowest BCUT2D eigenvalue weighted by Gasteiger charge is -2.36. The largest absolute Gasteiger partial charge is 0.330 e. The van der Waals surface area contributed by atoms with E-state index in [1.165, 1.54) is 24.3 Å². The quantitative estimate of drug-likeness (QED) is 0.665. The molecule has 0 radical (unpaired) electrons. The van der Waals surface area contributed by atoms with E-state index in [9.17, 15) is 0 Å². The monoisotopic (exact) mass is 174 g/mol. The number of nitrogens with two attached hydrogens (primary N) is 1. The van der Waals surface area contributed by atoms with Gasteiger partial charge in [-0.1, -0.05) is 0 Å². The van der Waals surface area contributed by atoms with Crippen molar-refractivity contribution >= 4 is 11.8 Å². The lowest BCUT2D eigenvalue weighted by Crippen LogP contribution is -2.47. The molecule has 3 N–H and O–H groups in total. The van der Waals surface area contributed by atoms with Crippen LogP contribution in [0, 0.1) is 0 Å². The molecule has 1 fully saturated rings. The molecule has 1 rings (SSSR count). The summed E-state index contributed by atoms with van der Waals surface area (Å²) >= 11 is 2.06. The average Bonchev–Trinajstić information content (AvgIpc) is 2.07. The molecular weight excluding hydrogens is 156 g/mol.